The number of hydrogen-bond acceptors (Lipinski definition) is 5. The molecule has 0 fully saturated rings. The fourth-order valence-electron chi connectivity index (χ4n) is 4.94. The van der Waals surface area contributed by atoms with E-state index in [1.807, 2.05) is 18.2 Å². The van der Waals surface area contributed by atoms with Crippen LogP contribution in [0.3, 0.4) is 0 Å². The maximum absolute atomic E-state index is 13.8. The molecule has 3 aromatic carbocycles. The van der Waals surface area contributed by atoms with E-state index in [1.165, 1.54) is 25.3 Å². The molecule has 0 spiro atoms. The van der Waals surface area contributed by atoms with Crippen LogP contribution in [0.1, 0.15) is 43.0 Å². The van der Waals surface area contributed by atoms with Gasteiger partial charge in [0.25, 0.3) is 0 Å². The number of rotatable bonds is 3. The van der Waals surface area contributed by atoms with Gasteiger partial charge in [0.05, 0.1) is 24.8 Å². The van der Waals surface area contributed by atoms with Crippen LogP contribution in [0.2, 0.25) is 0 Å². The molecule has 0 bridgehead atoms. The van der Waals surface area contributed by atoms with E-state index in [9.17, 15) is 14.6 Å². The lowest BCUT2D eigenvalue weighted by atomic mass is 9.82. The van der Waals surface area contributed by atoms with Crippen LogP contribution in [-0.4, -0.2) is 22.9 Å². The van der Waals surface area contributed by atoms with Gasteiger partial charge in [-0.1, -0.05) is 18.2 Å². The number of ether oxygens (including phenoxy) is 2. The average molecular weight is 460 g/mol. The highest BCUT2D eigenvalue weighted by atomic mass is 19.1. The minimum atomic E-state index is -0.413. The Morgan fingerprint density at radius 1 is 1.09 bits per heavy atom. The quantitative estimate of drug-likeness (QED) is 0.435. The number of phenolic OH excluding ortho intramolecular Hbond substituents is 1. The van der Waals surface area contributed by atoms with Crippen molar-refractivity contribution in [2.45, 2.75) is 32.9 Å². The standard InChI is InChI=1S/C28H26FNO4/c1-15-13-28(2,3)30-20-8-7-19-25(24(15)20)23(12-16-5-6-18(29)11-17(16)14-31)34-22-10-9-21(32)27(33-4)26(19)22/h5-13,30-32H,14H2,1-4H3/b23-12-. The van der Waals surface area contributed by atoms with Crippen LogP contribution in [0.5, 0.6) is 17.2 Å². The van der Waals surface area contributed by atoms with Gasteiger partial charge in [-0.2, -0.15) is 0 Å². The van der Waals surface area contributed by atoms with Gasteiger partial charge in [-0.25, -0.2) is 4.39 Å². The molecule has 3 N–H and O–H groups in total. The summed E-state index contributed by atoms with van der Waals surface area (Å²) in [6.07, 6.45) is 3.99. The van der Waals surface area contributed by atoms with E-state index >= 15 is 0 Å². The number of allylic oxidation sites excluding steroid dienone is 1. The van der Waals surface area contributed by atoms with E-state index < -0.39 is 5.82 Å². The molecule has 0 aromatic heterocycles. The SMILES string of the molecule is COc1c(O)ccc2c1-c1ccc3c(c1/C(=C/c1ccc(F)cc1CO)O2)C(C)=CC(C)(C)N3. The van der Waals surface area contributed by atoms with Gasteiger partial charge in [0, 0.05) is 22.4 Å². The Balaban J connectivity index is 1.84. The summed E-state index contributed by atoms with van der Waals surface area (Å²) in [5.74, 6) is 1.04. The molecule has 2 heterocycles. The summed E-state index contributed by atoms with van der Waals surface area (Å²) in [7, 11) is 1.51. The minimum absolute atomic E-state index is 0.0218. The first-order valence-corrected chi connectivity index (χ1v) is 11.1. The van der Waals surface area contributed by atoms with Crippen molar-refractivity contribution >= 4 is 23.1 Å². The zero-order valence-electron chi connectivity index (χ0n) is 19.5. The summed E-state index contributed by atoms with van der Waals surface area (Å²) in [6, 6.07) is 11.6. The molecule has 0 saturated heterocycles. The maximum Gasteiger partial charge on any atom is 0.172 e. The first-order valence-electron chi connectivity index (χ1n) is 11.1. The van der Waals surface area contributed by atoms with Crippen LogP contribution in [0, 0.1) is 5.82 Å². The largest absolute Gasteiger partial charge is 0.504 e. The Hall–Kier alpha value is -3.77. The van der Waals surface area contributed by atoms with Gasteiger partial charge in [-0.3, -0.25) is 0 Å². The molecule has 0 atom stereocenters. The number of hydrogen-bond donors (Lipinski definition) is 3. The summed E-state index contributed by atoms with van der Waals surface area (Å²) in [6.45, 7) is 5.97. The summed E-state index contributed by atoms with van der Waals surface area (Å²) in [5, 5.41) is 23.8. The van der Waals surface area contributed by atoms with E-state index in [1.54, 1.807) is 12.1 Å². The van der Waals surface area contributed by atoms with Gasteiger partial charge in [0.1, 0.15) is 17.3 Å². The van der Waals surface area contributed by atoms with E-state index in [0.717, 1.165) is 28.0 Å². The Labute approximate surface area is 197 Å². The normalized spacial score (nSPS) is 16.5. The third-order valence-electron chi connectivity index (χ3n) is 6.23. The molecule has 3 aromatic rings. The molecular formula is C28H26FNO4. The van der Waals surface area contributed by atoms with Gasteiger partial charge in [0.15, 0.2) is 11.5 Å². The van der Waals surface area contributed by atoms with Crippen molar-refractivity contribution in [3.05, 3.63) is 76.6 Å². The molecule has 0 amide bonds. The number of nitrogens with one attached hydrogen (secondary N) is 1. The monoisotopic (exact) mass is 459 g/mol. The second-order valence-corrected chi connectivity index (χ2v) is 9.19. The van der Waals surface area contributed by atoms with E-state index in [4.69, 9.17) is 9.47 Å². The lowest BCUT2D eigenvalue weighted by Gasteiger charge is -2.35. The van der Waals surface area contributed by atoms with E-state index in [2.05, 4.69) is 32.2 Å². The van der Waals surface area contributed by atoms with Crippen LogP contribution in [0.25, 0.3) is 28.5 Å². The van der Waals surface area contributed by atoms with Crippen molar-refractivity contribution in [3.8, 4) is 28.4 Å². The lowest BCUT2D eigenvalue weighted by Crippen LogP contribution is -2.32. The third kappa shape index (κ3) is 3.51. The first kappa shape index (κ1) is 22.0. The highest BCUT2D eigenvalue weighted by Gasteiger charge is 2.33. The van der Waals surface area contributed by atoms with Crippen molar-refractivity contribution in [2.24, 2.45) is 0 Å². The molecule has 0 saturated carbocycles. The third-order valence-corrected chi connectivity index (χ3v) is 6.23. The highest BCUT2D eigenvalue weighted by Crippen LogP contribution is 2.54. The molecule has 0 aliphatic carbocycles. The molecule has 174 valence electrons. The fourth-order valence-corrected chi connectivity index (χ4v) is 4.94. The summed E-state index contributed by atoms with van der Waals surface area (Å²) in [4.78, 5) is 0. The summed E-state index contributed by atoms with van der Waals surface area (Å²) in [5.41, 5.74) is 6.25. The number of aromatic hydroxyl groups is 1. The smallest absolute Gasteiger partial charge is 0.172 e. The van der Waals surface area contributed by atoms with Gasteiger partial charge in [-0.15, -0.1) is 0 Å². The Bertz CT molecular complexity index is 1390. The molecule has 5 rings (SSSR count). The van der Waals surface area contributed by atoms with Crippen molar-refractivity contribution < 1.29 is 24.1 Å². The molecule has 5 nitrogen and oxygen atoms in total. The molecule has 0 unspecified atom stereocenters. The summed E-state index contributed by atoms with van der Waals surface area (Å²) >= 11 is 0. The number of anilines is 1. The van der Waals surface area contributed by atoms with Gasteiger partial charge >= 0.3 is 0 Å². The molecular weight excluding hydrogens is 433 g/mol. The Kier molecular flexibility index (Phi) is 5.14. The van der Waals surface area contributed by atoms with Crippen LogP contribution >= 0.6 is 0 Å². The van der Waals surface area contributed by atoms with E-state index in [0.29, 0.717) is 33.9 Å². The van der Waals surface area contributed by atoms with Crippen molar-refractivity contribution in [2.75, 3.05) is 12.4 Å². The Morgan fingerprint density at radius 3 is 2.62 bits per heavy atom. The number of fused-ring (bicyclic) bond motifs is 5. The van der Waals surface area contributed by atoms with Gasteiger partial charge in [-0.05, 0) is 73.9 Å². The van der Waals surface area contributed by atoms with Crippen LogP contribution in [-0.2, 0) is 6.61 Å². The zero-order valence-corrected chi connectivity index (χ0v) is 19.5. The number of halogens is 1. The van der Waals surface area contributed by atoms with Crippen LogP contribution in [0.15, 0.2) is 48.5 Å². The van der Waals surface area contributed by atoms with Crippen molar-refractivity contribution in [1.82, 2.24) is 0 Å². The second-order valence-electron chi connectivity index (χ2n) is 9.19. The molecule has 34 heavy (non-hydrogen) atoms. The Morgan fingerprint density at radius 2 is 1.88 bits per heavy atom. The van der Waals surface area contributed by atoms with Gasteiger partial charge < -0.3 is 25.0 Å². The number of aliphatic hydroxyl groups excluding tert-OH is 1. The zero-order chi connectivity index (χ0) is 24.2. The first-order chi connectivity index (χ1) is 16.2. The van der Waals surface area contributed by atoms with Gasteiger partial charge in [0.2, 0.25) is 0 Å². The molecule has 2 aliphatic heterocycles. The lowest BCUT2D eigenvalue weighted by molar-refractivity contribution is 0.281. The predicted molar refractivity (Wildman–Crippen MR) is 132 cm³/mol. The average Bonchev–Trinajstić information content (AvgIpc) is 2.79. The van der Waals surface area contributed by atoms with Crippen molar-refractivity contribution in [3.63, 3.8) is 0 Å². The van der Waals surface area contributed by atoms with Crippen LogP contribution < -0.4 is 14.8 Å². The number of aliphatic hydroxyl groups is 1. The minimum Gasteiger partial charge on any atom is -0.504 e. The second kappa shape index (κ2) is 7.92. The number of phenols is 1. The highest BCUT2D eigenvalue weighted by molar-refractivity contribution is 6.02. The molecule has 0 radical (unpaired) electrons. The number of benzene rings is 3. The topological polar surface area (TPSA) is 71.0 Å². The van der Waals surface area contributed by atoms with Crippen LogP contribution in [0.4, 0.5) is 10.1 Å². The molecule has 6 heteroatoms. The summed E-state index contributed by atoms with van der Waals surface area (Å²) < 4.78 is 25.8. The predicted octanol–water partition coefficient (Wildman–Crippen LogP) is 6.20. The fraction of sp³-hybridized carbons (Fsp3) is 0.214. The van der Waals surface area contributed by atoms with Crippen molar-refractivity contribution in [1.29, 1.82) is 0 Å². The number of methoxy groups -OCH3 is 1. The maximum atomic E-state index is 13.8. The molecule has 2 aliphatic rings. The van der Waals surface area contributed by atoms with E-state index in [-0.39, 0.29) is 17.9 Å².